The largest absolute Gasteiger partial charge is 0.310 e. The number of halogens is 1. The number of hydrogen-bond acceptors (Lipinski definition) is 1. The first kappa shape index (κ1) is 10.0. The van der Waals surface area contributed by atoms with Crippen molar-refractivity contribution in [1.82, 2.24) is 0 Å². The molecule has 0 fully saturated rings. The van der Waals surface area contributed by atoms with Crippen molar-refractivity contribution < 1.29 is 0 Å². The summed E-state index contributed by atoms with van der Waals surface area (Å²) in [5.74, 6) is 0. The van der Waals surface area contributed by atoms with Crippen LogP contribution in [0, 0.1) is 12.3 Å². The van der Waals surface area contributed by atoms with E-state index in [1.807, 2.05) is 0 Å². The third-order valence-corrected chi connectivity index (χ3v) is 0.552. The lowest BCUT2D eigenvalue weighted by molar-refractivity contribution is 1.07. The number of nitrogens with one attached hydrogen (secondary N) is 1. The highest BCUT2D eigenvalue weighted by molar-refractivity contribution is 5.85. The summed E-state index contributed by atoms with van der Waals surface area (Å²) in [6.07, 6.45) is 1.70. The number of hydrogen-bond donors (Lipinski definition) is 1. The standard InChI is InChI=1S/C5H10N.ClH/c1-3-4-5(2)6;/h6H,1,3-4H2,2H3;1H. The maximum atomic E-state index is 6.85. The summed E-state index contributed by atoms with van der Waals surface area (Å²) in [6, 6.07) is 0. The van der Waals surface area contributed by atoms with Gasteiger partial charge in [0.2, 0.25) is 0 Å². The van der Waals surface area contributed by atoms with Gasteiger partial charge in [-0.3, -0.25) is 0 Å². The van der Waals surface area contributed by atoms with Gasteiger partial charge < -0.3 is 5.41 Å². The zero-order chi connectivity index (χ0) is 4.99. The molecule has 2 heteroatoms. The van der Waals surface area contributed by atoms with Crippen LogP contribution >= 0.6 is 12.4 Å². The Kier molecular flexibility index (Phi) is 8.56. The van der Waals surface area contributed by atoms with Gasteiger partial charge >= 0.3 is 0 Å². The minimum absolute atomic E-state index is 0. The molecule has 1 radical (unpaired) electrons. The van der Waals surface area contributed by atoms with Crippen LogP contribution < -0.4 is 0 Å². The van der Waals surface area contributed by atoms with Crippen molar-refractivity contribution in [3.63, 3.8) is 0 Å². The van der Waals surface area contributed by atoms with E-state index in [2.05, 4.69) is 6.92 Å². The summed E-state index contributed by atoms with van der Waals surface area (Å²) in [6.45, 7) is 5.38. The molecule has 43 valence electrons. The van der Waals surface area contributed by atoms with Crippen molar-refractivity contribution in [2.45, 2.75) is 19.8 Å². The second kappa shape index (κ2) is 5.96. The molecule has 0 aromatic carbocycles. The molecule has 0 saturated heterocycles. The van der Waals surface area contributed by atoms with E-state index in [0.717, 1.165) is 18.6 Å². The topological polar surface area (TPSA) is 23.9 Å². The van der Waals surface area contributed by atoms with Crippen LogP contribution in [0.4, 0.5) is 0 Å². The molecule has 0 aliphatic heterocycles. The van der Waals surface area contributed by atoms with Crippen LogP contribution in [-0.2, 0) is 0 Å². The van der Waals surface area contributed by atoms with Crippen LogP contribution in [0.15, 0.2) is 0 Å². The Hall–Kier alpha value is -0.0400. The molecule has 1 nitrogen and oxygen atoms in total. The van der Waals surface area contributed by atoms with Gasteiger partial charge in [-0.25, -0.2) is 0 Å². The molecule has 0 heterocycles. The van der Waals surface area contributed by atoms with Crippen molar-refractivity contribution in [1.29, 1.82) is 5.41 Å². The SMILES string of the molecule is Cl.[CH2]CCC(C)=N. The fourth-order valence-electron chi connectivity index (χ4n) is 0.265. The monoisotopic (exact) mass is 120 g/mol. The molecule has 0 spiro atoms. The van der Waals surface area contributed by atoms with E-state index in [0.29, 0.717) is 0 Å². The van der Waals surface area contributed by atoms with Crippen LogP contribution in [0.1, 0.15) is 19.8 Å². The van der Waals surface area contributed by atoms with Crippen LogP contribution in [0.2, 0.25) is 0 Å². The molecule has 0 aromatic heterocycles. The summed E-state index contributed by atoms with van der Waals surface area (Å²) in [4.78, 5) is 0. The molecule has 0 atom stereocenters. The van der Waals surface area contributed by atoms with Gasteiger partial charge in [0.25, 0.3) is 0 Å². The fourth-order valence-corrected chi connectivity index (χ4v) is 0.265. The first-order valence-corrected chi connectivity index (χ1v) is 2.10. The van der Waals surface area contributed by atoms with E-state index < -0.39 is 0 Å². The Balaban J connectivity index is 0. The Bertz CT molecular complexity index is 52.0. The summed E-state index contributed by atoms with van der Waals surface area (Å²) < 4.78 is 0. The Morgan fingerprint density at radius 1 is 1.71 bits per heavy atom. The van der Waals surface area contributed by atoms with Gasteiger partial charge in [0.15, 0.2) is 0 Å². The van der Waals surface area contributed by atoms with Crippen LogP contribution in [-0.4, -0.2) is 5.71 Å². The maximum Gasteiger partial charge on any atom is 0.00582 e. The normalized spacial score (nSPS) is 7.14. The average molecular weight is 121 g/mol. The lowest BCUT2D eigenvalue weighted by Gasteiger charge is -1.84. The summed E-state index contributed by atoms with van der Waals surface area (Å²) in [5, 5.41) is 6.85. The van der Waals surface area contributed by atoms with Crippen molar-refractivity contribution in [3.05, 3.63) is 6.92 Å². The molecule has 0 aliphatic carbocycles. The molecule has 0 aliphatic rings. The highest BCUT2D eigenvalue weighted by Crippen LogP contribution is 1.84. The smallest absolute Gasteiger partial charge is 0.00582 e. The minimum atomic E-state index is 0. The molecule has 0 aromatic rings. The van der Waals surface area contributed by atoms with Crippen LogP contribution in [0.3, 0.4) is 0 Å². The van der Waals surface area contributed by atoms with Crippen molar-refractivity contribution in [3.8, 4) is 0 Å². The van der Waals surface area contributed by atoms with E-state index in [-0.39, 0.29) is 12.4 Å². The molecule has 1 N–H and O–H groups in total. The van der Waals surface area contributed by atoms with Crippen molar-refractivity contribution in [2.24, 2.45) is 0 Å². The number of rotatable bonds is 2. The molecular formula is C5H11ClN. The molecule has 0 unspecified atom stereocenters. The predicted molar refractivity (Wildman–Crippen MR) is 35.2 cm³/mol. The molecule has 7 heavy (non-hydrogen) atoms. The van der Waals surface area contributed by atoms with Gasteiger partial charge in [-0.15, -0.1) is 12.4 Å². The second-order valence-electron chi connectivity index (χ2n) is 1.38. The lowest BCUT2D eigenvalue weighted by Crippen LogP contribution is -1.83. The third-order valence-electron chi connectivity index (χ3n) is 0.552. The quantitative estimate of drug-likeness (QED) is 0.540. The van der Waals surface area contributed by atoms with Crippen molar-refractivity contribution >= 4 is 18.1 Å². The van der Waals surface area contributed by atoms with Gasteiger partial charge in [-0.05, 0) is 19.8 Å². The summed E-state index contributed by atoms with van der Waals surface area (Å²) >= 11 is 0. The van der Waals surface area contributed by atoms with E-state index in [1.54, 1.807) is 6.92 Å². The zero-order valence-corrected chi connectivity index (χ0v) is 5.35. The summed E-state index contributed by atoms with van der Waals surface area (Å²) in [7, 11) is 0. The van der Waals surface area contributed by atoms with Gasteiger partial charge in [-0.1, -0.05) is 6.92 Å². The first-order valence-electron chi connectivity index (χ1n) is 2.10. The molecular weight excluding hydrogens is 110 g/mol. The average Bonchev–Trinajstić information content (AvgIpc) is 1.35. The lowest BCUT2D eigenvalue weighted by atomic mass is 10.2. The fraction of sp³-hybridized carbons (Fsp3) is 0.600. The Morgan fingerprint density at radius 2 is 2.14 bits per heavy atom. The second-order valence-corrected chi connectivity index (χ2v) is 1.38. The predicted octanol–water partition coefficient (Wildman–Crippen LogP) is 2.06. The molecule has 0 amide bonds. The Labute approximate surface area is 51.0 Å². The molecule has 0 saturated carbocycles. The summed E-state index contributed by atoms with van der Waals surface area (Å²) in [5.41, 5.74) is 0.727. The van der Waals surface area contributed by atoms with E-state index in [9.17, 15) is 0 Å². The minimum Gasteiger partial charge on any atom is -0.310 e. The van der Waals surface area contributed by atoms with Gasteiger partial charge in [0, 0.05) is 5.71 Å². The van der Waals surface area contributed by atoms with Gasteiger partial charge in [-0.2, -0.15) is 0 Å². The van der Waals surface area contributed by atoms with Crippen LogP contribution in [0.5, 0.6) is 0 Å². The highest BCUT2D eigenvalue weighted by Gasteiger charge is 1.78. The Morgan fingerprint density at radius 3 is 2.14 bits per heavy atom. The van der Waals surface area contributed by atoms with E-state index in [1.165, 1.54) is 0 Å². The van der Waals surface area contributed by atoms with E-state index >= 15 is 0 Å². The van der Waals surface area contributed by atoms with E-state index in [4.69, 9.17) is 5.41 Å². The highest BCUT2D eigenvalue weighted by atomic mass is 35.5. The first-order chi connectivity index (χ1) is 2.77. The van der Waals surface area contributed by atoms with Gasteiger partial charge in [0.05, 0.1) is 0 Å². The molecule has 0 rings (SSSR count). The van der Waals surface area contributed by atoms with Crippen LogP contribution in [0.25, 0.3) is 0 Å². The zero-order valence-electron chi connectivity index (χ0n) is 4.53. The molecule has 0 bridgehead atoms. The maximum absolute atomic E-state index is 6.85. The third kappa shape index (κ3) is 10.7. The van der Waals surface area contributed by atoms with Crippen molar-refractivity contribution in [2.75, 3.05) is 0 Å². The van der Waals surface area contributed by atoms with Gasteiger partial charge in [0.1, 0.15) is 0 Å².